The third kappa shape index (κ3) is 4.59. The number of nitrogens with zero attached hydrogens (tertiary/aromatic N) is 3. The van der Waals surface area contributed by atoms with Crippen LogP contribution in [-0.4, -0.2) is 39.0 Å². The highest BCUT2D eigenvalue weighted by Crippen LogP contribution is 2.21. The maximum Gasteiger partial charge on any atom is 0.408 e. The van der Waals surface area contributed by atoms with Gasteiger partial charge in [0.05, 0.1) is 23.9 Å². The van der Waals surface area contributed by atoms with Gasteiger partial charge in [-0.15, -0.1) is 0 Å². The van der Waals surface area contributed by atoms with Gasteiger partial charge < -0.3 is 20.5 Å². The van der Waals surface area contributed by atoms with Crippen molar-refractivity contribution >= 4 is 17.4 Å². The van der Waals surface area contributed by atoms with Gasteiger partial charge in [-0.2, -0.15) is 4.68 Å². The van der Waals surface area contributed by atoms with Crippen LogP contribution in [0, 0.1) is 16.0 Å². The van der Waals surface area contributed by atoms with Crippen LogP contribution < -0.4 is 5.32 Å². The first-order valence-electron chi connectivity index (χ1n) is 5.66. The van der Waals surface area contributed by atoms with Gasteiger partial charge in [-0.1, -0.05) is 25.4 Å². The van der Waals surface area contributed by atoms with Crippen molar-refractivity contribution in [1.82, 2.24) is 15.1 Å². The number of aromatic nitrogens is 2. The minimum atomic E-state index is -0.667. The fourth-order valence-electron chi connectivity index (χ4n) is 1.42. The predicted octanol–water partition coefficient (Wildman–Crippen LogP) is 1.05. The molecule has 0 aromatic carbocycles. The Morgan fingerprint density at radius 1 is 1.61 bits per heavy atom. The summed E-state index contributed by atoms with van der Waals surface area (Å²) < 4.78 is 1.28. The lowest BCUT2D eigenvalue weighted by molar-refractivity contribution is -0.389. The van der Waals surface area contributed by atoms with Gasteiger partial charge in [-0.05, 0) is 17.4 Å². The van der Waals surface area contributed by atoms with Crippen LogP contribution in [0.25, 0.3) is 0 Å². The Morgan fingerprint density at radius 3 is 2.78 bits per heavy atom. The highest BCUT2D eigenvalue weighted by atomic mass is 35.5. The monoisotopic (exact) mass is 276 g/mol. The van der Waals surface area contributed by atoms with Crippen molar-refractivity contribution in [2.24, 2.45) is 5.92 Å². The predicted molar refractivity (Wildman–Crippen MR) is 67.6 cm³/mol. The Balaban J connectivity index is 2.47. The van der Waals surface area contributed by atoms with E-state index in [2.05, 4.69) is 24.3 Å². The van der Waals surface area contributed by atoms with Gasteiger partial charge >= 0.3 is 5.82 Å². The number of aliphatic hydroxyl groups is 1. The van der Waals surface area contributed by atoms with E-state index in [1.807, 2.05) is 0 Å². The van der Waals surface area contributed by atoms with E-state index < -0.39 is 11.0 Å². The molecule has 0 spiro atoms. The molecule has 1 atom stereocenters. The quantitative estimate of drug-likeness (QED) is 0.573. The lowest BCUT2D eigenvalue weighted by atomic mass is 10.2. The van der Waals surface area contributed by atoms with Crippen molar-refractivity contribution in [2.45, 2.75) is 26.5 Å². The SMILES string of the molecule is CC(C)CNCC(O)Cn1cc(Cl)c([N+](=O)[O-])n1. The Labute approximate surface area is 110 Å². The van der Waals surface area contributed by atoms with Gasteiger partial charge in [0, 0.05) is 6.54 Å². The zero-order valence-corrected chi connectivity index (χ0v) is 11.1. The summed E-state index contributed by atoms with van der Waals surface area (Å²) in [6.07, 6.45) is 0.671. The summed E-state index contributed by atoms with van der Waals surface area (Å²) in [7, 11) is 0. The Hall–Kier alpha value is -1.18. The largest absolute Gasteiger partial charge is 0.408 e. The van der Waals surface area contributed by atoms with Gasteiger partial charge in [-0.25, -0.2) is 0 Å². The average molecular weight is 277 g/mol. The number of hydrogen-bond donors (Lipinski definition) is 2. The normalized spacial score (nSPS) is 12.9. The molecular formula is C10H17ClN4O3. The van der Waals surface area contributed by atoms with Crippen LogP contribution in [0.4, 0.5) is 5.82 Å². The van der Waals surface area contributed by atoms with Crippen molar-refractivity contribution in [2.75, 3.05) is 13.1 Å². The summed E-state index contributed by atoms with van der Waals surface area (Å²) in [4.78, 5) is 9.89. The molecule has 1 aromatic rings. The average Bonchev–Trinajstić information content (AvgIpc) is 2.58. The first-order chi connectivity index (χ1) is 8.40. The summed E-state index contributed by atoms with van der Waals surface area (Å²) in [5, 5.41) is 27.0. The smallest absolute Gasteiger partial charge is 0.390 e. The Bertz CT molecular complexity index is 408. The molecule has 2 N–H and O–H groups in total. The zero-order chi connectivity index (χ0) is 13.7. The van der Waals surface area contributed by atoms with E-state index in [4.69, 9.17) is 11.6 Å². The molecule has 1 aromatic heterocycles. The van der Waals surface area contributed by atoms with Crippen molar-refractivity contribution in [3.8, 4) is 0 Å². The molecule has 1 heterocycles. The first-order valence-corrected chi connectivity index (χ1v) is 6.04. The van der Waals surface area contributed by atoms with Gasteiger partial charge in [-0.3, -0.25) is 0 Å². The molecule has 0 fully saturated rings. The summed E-state index contributed by atoms with van der Waals surface area (Å²) in [6.45, 7) is 5.51. The van der Waals surface area contributed by atoms with Gasteiger partial charge in [0.15, 0.2) is 5.02 Å². The highest BCUT2D eigenvalue weighted by molar-refractivity contribution is 6.32. The second kappa shape index (κ2) is 6.67. The fourth-order valence-corrected chi connectivity index (χ4v) is 1.64. The lowest BCUT2D eigenvalue weighted by Crippen LogP contribution is -2.32. The van der Waals surface area contributed by atoms with Gasteiger partial charge in [0.2, 0.25) is 0 Å². The van der Waals surface area contributed by atoms with Crippen molar-refractivity contribution < 1.29 is 10.0 Å². The molecule has 0 radical (unpaired) electrons. The van der Waals surface area contributed by atoms with E-state index >= 15 is 0 Å². The van der Waals surface area contributed by atoms with Crippen LogP contribution in [0.3, 0.4) is 0 Å². The van der Waals surface area contributed by atoms with Crippen LogP contribution in [0.5, 0.6) is 0 Å². The molecule has 8 heteroatoms. The molecular weight excluding hydrogens is 260 g/mol. The first kappa shape index (κ1) is 14.9. The standard InChI is InChI=1S/C10H17ClN4O3/c1-7(2)3-12-4-8(16)5-14-6-9(11)10(13-14)15(17)18/h6-8,12,16H,3-5H2,1-2H3. The highest BCUT2D eigenvalue weighted by Gasteiger charge is 2.20. The molecule has 0 saturated heterocycles. The van der Waals surface area contributed by atoms with E-state index in [0.29, 0.717) is 12.5 Å². The van der Waals surface area contributed by atoms with Gasteiger partial charge in [0.25, 0.3) is 0 Å². The zero-order valence-electron chi connectivity index (χ0n) is 10.3. The molecule has 0 bridgehead atoms. The van der Waals surface area contributed by atoms with Crippen molar-refractivity contribution in [3.63, 3.8) is 0 Å². The third-order valence-corrected chi connectivity index (χ3v) is 2.47. The van der Waals surface area contributed by atoms with E-state index in [-0.39, 0.29) is 17.4 Å². The lowest BCUT2D eigenvalue weighted by Gasteiger charge is -2.11. The molecule has 0 aliphatic rings. The van der Waals surface area contributed by atoms with E-state index in [1.54, 1.807) is 0 Å². The second-order valence-electron chi connectivity index (χ2n) is 4.49. The molecule has 0 aliphatic heterocycles. The summed E-state index contributed by atoms with van der Waals surface area (Å²) >= 11 is 5.65. The minimum absolute atomic E-state index is 0.0256. The van der Waals surface area contributed by atoms with Crippen LogP contribution >= 0.6 is 11.6 Å². The van der Waals surface area contributed by atoms with E-state index in [1.165, 1.54) is 10.9 Å². The minimum Gasteiger partial charge on any atom is -0.390 e. The molecule has 0 amide bonds. The summed E-state index contributed by atoms with van der Waals surface area (Å²) in [6, 6.07) is 0. The van der Waals surface area contributed by atoms with Crippen molar-refractivity contribution in [3.05, 3.63) is 21.3 Å². The van der Waals surface area contributed by atoms with Gasteiger partial charge in [0.1, 0.15) is 0 Å². The number of aliphatic hydroxyl groups excluding tert-OH is 1. The Kier molecular flexibility index (Phi) is 5.52. The Morgan fingerprint density at radius 2 is 2.28 bits per heavy atom. The van der Waals surface area contributed by atoms with Crippen LogP contribution in [0.1, 0.15) is 13.8 Å². The van der Waals surface area contributed by atoms with E-state index in [9.17, 15) is 15.2 Å². The molecule has 1 unspecified atom stereocenters. The molecule has 18 heavy (non-hydrogen) atoms. The number of rotatable bonds is 7. The maximum atomic E-state index is 10.5. The molecule has 1 rings (SSSR count). The number of nitrogens with one attached hydrogen (secondary N) is 1. The molecule has 102 valence electrons. The molecule has 0 saturated carbocycles. The topological polar surface area (TPSA) is 93.2 Å². The molecule has 7 nitrogen and oxygen atoms in total. The number of nitro groups is 1. The number of halogens is 1. The summed E-state index contributed by atoms with van der Waals surface area (Å²) in [5.41, 5.74) is 0. The van der Waals surface area contributed by atoms with Crippen molar-refractivity contribution in [1.29, 1.82) is 0 Å². The van der Waals surface area contributed by atoms with Crippen LogP contribution in [-0.2, 0) is 6.54 Å². The molecule has 0 aliphatic carbocycles. The summed E-state index contributed by atoms with van der Waals surface area (Å²) in [5.74, 6) is 0.108. The maximum absolute atomic E-state index is 10.5. The second-order valence-corrected chi connectivity index (χ2v) is 4.89. The number of hydrogen-bond acceptors (Lipinski definition) is 5. The van der Waals surface area contributed by atoms with Crippen LogP contribution in [0.2, 0.25) is 5.02 Å². The fraction of sp³-hybridized carbons (Fsp3) is 0.700. The third-order valence-electron chi connectivity index (χ3n) is 2.20. The van der Waals surface area contributed by atoms with E-state index in [0.717, 1.165) is 6.54 Å². The van der Waals surface area contributed by atoms with Crippen LogP contribution in [0.15, 0.2) is 6.20 Å².